The first-order valence-electron chi connectivity index (χ1n) is 8.90. The number of aryl methyl sites for hydroxylation is 1. The molecule has 1 N–H and O–H groups in total. The molecule has 1 fully saturated rings. The van der Waals surface area contributed by atoms with Crippen LogP contribution in [0.25, 0.3) is 0 Å². The van der Waals surface area contributed by atoms with Gasteiger partial charge in [0.2, 0.25) is 0 Å². The fourth-order valence-electron chi connectivity index (χ4n) is 3.41. The van der Waals surface area contributed by atoms with Gasteiger partial charge in [-0.25, -0.2) is 0 Å². The lowest BCUT2D eigenvalue weighted by molar-refractivity contribution is 0.354. The van der Waals surface area contributed by atoms with Gasteiger partial charge < -0.3 is 19.7 Å². The highest BCUT2D eigenvalue weighted by Gasteiger charge is 2.27. The zero-order chi connectivity index (χ0) is 19.4. The molecular weight excluding hydrogens is 410 g/mol. The highest BCUT2D eigenvalue weighted by molar-refractivity contribution is 9.10. The molecule has 2 heterocycles. The van der Waals surface area contributed by atoms with Gasteiger partial charge in [-0.3, -0.25) is 9.67 Å². The molecule has 0 aliphatic carbocycles. The van der Waals surface area contributed by atoms with Gasteiger partial charge in [0, 0.05) is 50.3 Å². The molecular formula is C19H26BrN5O2. The molecule has 0 spiro atoms. The number of aliphatic imine (C=N–C) groups is 1. The highest BCUT2D eigenvalue weighted by atomic mass is 79.9. The Balaban J connectivity index is 1.65. The molecule has 8 heteroatoms. The largest absolute Gasteiger partial charge is 0.493 e. The Labute approximate surface area is 168 Å². The van der Waals surface area contributed by atoms with E-state index in [1.165, 1.54) is 5.56 Å². The first-order chi connectivity index (χ1) is 13.0. The van der Waals surface area contributed by atoms with Crippen molar-refractivity contribution in [2.24, 2.45) is 12.0 Å². The number of methoxy groups -OCH3 is 2. The number of ether oxygens (including phenoxy) is 2. The standard InChI is InChI=1S/C19H26BrN5O2/c1-21-19(25-6-5-13(12-25)15-10-23-24(2)11-15)22-9-14-7-17(26-3)18(27-4)8-16(14)20/h7-8,10-11,13H,5-6,9,12H2,1-4H3,(H,21,22). The topological polar surface area (TPSA) is 63.9 Å². The van der Waals surface area contributed by atoms with Gasteiger partial charge in [-0.2, -0.15) is 5.10 Å². The van der Waals surface area contributed by atoms with Crippen LogP contribution in [0.4, 0.5) is 0 Å². The number of rotatable bonds is 5. The van der Waals surface area contributed by atoms with Crippen LogP contribution in [0.3, 0.4) is 0 Å². The number of nitrogens with zero attached hydrogens (tertiary/aromatic N) is 4. The van der Waals surface area contributed by atoms with E-state index in [2.05, 4.69) is 42.4 Å². The lowest BCUT2D eigenvalue weighted by Crippen LogP contribution is -2.39. The predicted octanol–water partition coefficient (Wildman–Crippen LogP) is 2.76. The van der Waals surface area contributed by atoms with Gasteiger partial charge in [-0.1, -0.05) is 15.9 Å². The minimum absolute atomic E-state index is 0.491. The first kappa shape index (κ1) is 19.5. The zero-order valence-electron chi connectivity index (χ0n) is 16.2. The second-order valence-corrected chi connectivity index (χ2v) is 7.43. The molecule has 7 nitrogen and oxygen atoms in total. The molecule has 1 aromatic heterocycles. The summed E-state index contributed by atoms with van der Waals surface area (Å²) in [6, 6.07) is 3.90. The minimum atomic E-state index is 0.491. The molecule has 1 aliphatic rings. The van der Waals surface area contributed by atoms with Crippen molar-refractivity contribution in [3.8, 4) is 11.5 Å². The van der Waals surface area contributed by atoms with Gasteiger partial charge in [0.1, 0.15) is 0 Å². The number of benzene rings is 1. The summed E-state index contributed by atoms with van der Waals surface area (Å²) in [6.45, 7) is 2.56. The summed E-state index contributed by atoms with van der Waals surface area (Å²) in [4.78, 5) is 6.76. The minimum Gasteiger partial charge on any atom is -0.493 e. The van der Waals surface area contributed by atoms with Gasteiger partial charge in [-0.15, -0.1) is 0 Å². The molecule has 2 aromatic rings. The summed E-state index contributed by atoms with van der Waals surface area (Å²) in [6.07, 6.45) is 5.17. The van der Waals surface area contributed by atoms with Crippen molar-refractivity contribution in [3.63, 3.8) is 0 Å². The van der Waals surface area contributed by atoms with E-state index in [1.807, 2.05) is 37.1 Å². The molecule has 1 saturated heterocycles. The molecule has 0 amide bonds. The van der Waals surface area contributed by atoms with E-state index in [1.54, 1.807) is 14.2 Å². The van der Waals surface area contributed by atoms with E-state index in [-0.39, 0.29) is 0 Å². The Kier molecular flexibility index (Phi) is 6.26. The second kappa shape index (κ2) is 8.65. The smallest absolute Gasteiger partial charge is 0.193 e. The zero-order valence-corrected chi connectivity index (χ0v) is 17.8. The molecule has 3 rings (SSSR count). The van der Waals surface area contributed by atoms with Crippen molar-refractivity contribution < 1.29 is 9.47 Å². The van der Waals surface area contributed by atoms with Crippen LogP contribution in [0.1, 0.15) is 23.5 Å². The molecule has 0 bridgehead atoms. The molecule has 0 saturated carbocycles. The molecule has 0 radical (unpaired) electrons. The van der Waals surface area contributed by atoms with Crippen LogP contribution in [0.5, 0.6) is 11.5 Å². The fraction of sp³-hybridized carbons (Fsp3) is 0.474. The predicted molar refractivity (Wildman–Crippen MR) is 110 cm³/mol. The fourth-order valence-corrected chi connectivity index (χ4v) is 3.88. The van der Waals surface area contributed by atoms with Gasteiger partial charge in [-0.05, 0) is 29.7 Å². The highest BCUT2D eigenvalue weighted by Crippen LogP contribution is 2.33. The van der Waals surface area contributed by atoms with Crippen molar-refractivity contribution in [3.05, 3.63) is 40.1 Å². The number of nitrogens with one attached hydrogen (secondary N) is 1. The van der Waals surface area contributed by atoms with Crippen molar-refractivity contribution in [1.29, 1.82) is 0 Å². The van der Waals surface area contributed by atoms with Crippen LogP contribution in [0.2, 0.25) is 0 Å². The third-order valence-electron chi connectivity index (χ3n) is 4.89. The number of likely N-dealkylation sites (tertiary alicyclic amines) is 1. The molecule has 1 aliphatic heterocycles. The van der Waals surface area contributed by atoms with Crippen molar-refractivity contribution in [2.45, 2.75) is 18.9 Å². The summed E-state index contributed by atoms with van der Waals surface area (Å²) in [5.74, 6) is 2.81. The van der Waals surface area contributed by atoms with Gasteiger partial charge in [0.25, 0.3) is 0 Å². The molecule has 27 heavy (non-hydrogen) atoms. The summed E-state index contributed by atoms with van der Waals surface area (Å²) >= 11 is 3.61. The number of aromatic nitrogens is 2. The maximum Gasteiger partial charge on any atom is 0.193 e. The number of hydrogen-bond donors (Lipinski definition) is 1. The summed E-state index contributed by atoms with van der Waals surface area (Å²) < 4.78 is 13.6. The number of guanidine groups is 1. The molecule has 146 valence electrons. The molecule has 1 unspecified atom stereocenters. The maximum absolute atomic E-state index is 5.41. The Bertz CT molecular complexity index is 820. The van der Waals surface area contributed by atoms with Gasteiger partial charge in [0.05, 0.1) is 20.4 Å². The number of halogens is 1. The molecule has 1 aromatic carbocycles. The van der Waals surface area contributed by atoms with Gasteiger partial charge in [0.15, 0.2) is 17.5 Å². The van der Waals surface area contributed by atoms with E-state index in [0.717, 1.165) is 35.5 Å². The quantitative estimate of drug-likeness (QED) is 0.577. The SMILES string of the molecule is CN=C(NCc1cc(OC)c(OC)cc1Br)N1CCC(c2cnn(C)c2)C1. The van der Waals surface area contributed by atoms with Gasteiger partial charge >= 0.3 is 0 Å². The van der Waals surface area contributed by atoms with Crippen molar-refractivity contribution in [2.75, 3.05) is 34.4 Å². The lowest BCUT2D eigenvalue weighted by atomic mass is 10.0. The van der Waals surface area contributed by atoms with Crippen LogP contribution >= 0.6 is 15.9 Å². The monoisotopic (exact) mass is 435 g/mol. The second-order valence-electron chi connectivity index (χ2n) is 6.58. The summed E-state index contributed by atoms with van der Waals surface area (Å²) in [5, 5.41) is 7.76. The van der Waals surface area contributed by atoms with E-state index < -0.39 is 0 Å². The Morgan fingerprint density at radius 2 is 2.07 bits per heavy atom. The van der Waals surface area contributed by atoms with E-state index in [0.29, 0.717) is 24.0 Å². The average Bonchev–Trinajstić information content (AvgIpc) is 3.32. The van der Waals surface area contributed by atoms with E-state index in [9.17, 15) is 0 Å². The first-order valence-corrected chi connectivity index (χ1v) is 9.69. The van der Waals surface area contributed by atoms with Crippen LogP contribution in [-0.4, -0.2) is 55.0 Å². The summed E-state index contributed by atoms with van der Waals surface area (Å²) in [7, 11) is 7.06. The average molecular weight is 436 g/mol. The lowest BCUT2D eigenvalue weighted by Gasteiger charge is -2.22. The Hall–Kier alpha value is -2.22. The van der Waals surface area contributed by atoms with Crippen LogP contribution < -0.4 is 14.8 Å². The maximum atomic E-state index is 5.41. The van der Waals surface area contributed by atoms with Crippen molar-refractivity contribution in [1.82, 2.24) is 20.0 Å². The van der Waals surface area contributed by atoms with Crippen LogP contribution in [0, 0.1) is 0 Å². The summed E-state index contributed by atoms with van der Waals surface area (Å²) in [5.41, 5.74) is 2.37. The number of hydrogen-bond acceptors (Lipinski definition) is 4. The Morgan fingerprint density at radius 1 is 1.33 bits per heavy atom. The van der Waals surface area contributed by atoms with Crippen LogP contribution in [-0.2, 0) is 13.6 Å². The molecule has 1 atom stereocenters. The van der Waals surface area contributed by atoms with Crippen LogP contribution in [0.15, 0.2) is 34.0 Å². The Morgan fingerprint density at radius 3 is 2.70 bits per heavy atom. The van der Waals surface area contributed by atoms with E-state index in [4.69, 9.17) is 9.47 Å². The van der Waals surface area contributed by atoms with E-state index >= 15 is 0 Å². The van der Waals surface area contributed by atoms with Crippen molar-refractivity contribution >= 4 is 21.9 Å². The third kappa shape index (κ3) is 4.37. The normalized spacial score (nSPS) is 17.3. The third-order valence-corrected chi connectivity index (χ3v) is 5.62.